The quantitative estimate of drug-likeness (QED) is 0.508. The van der Waals surface area contributed by atoms with Gasteiger partial charge in [0.15, 0.2) is 0 Å². The van der Waals surface area contributed by atoms with Gasteiger partial charge in [0.1, 0.15) is 11.3 Å². The van der Waals surface area contributed by atoms with Crippen molar-refractivity contribution in [3.63, 3.8) is 0 Å². The van der Waals surface area contributed by atoms with Crippen LogP contribution < -0.4 is 10.1 Å². The number of aromatic nitrogens is 1. The van der Waals surface area contributed by atoms with E-state index in [0.717, 1.165) is 10.9 Å². The molecule has 1 atom stereocenters. The third kappa shape index (κ3) is 4.36. The van der Waals surface area contributed by atoms with Gasteiger partial charge in [-0.05, 0) is 61.2 Å². The summed E-state index contributed by atoms with van der Waals surface area (Å²) in [6.45, 7) is -1.13. The molecule has 0 bridgehead atoms. The minimum atomic E-state index is -2.88. The number of alkyl halides is 2. The van der Waals surface area contributed by atoms with Gasteiger partial charge in [0.25, 0.3) is 5.91 Å². The highest BCUT2D eigenvalue weighted by molar-refractivity contribution is 6.35. The fraction of sp³-hybridized carbons (Fsp3) is 0.261. The summed E-state index contributed by atoms with van der Waals surface area (Å²) in [5.74, 6) is -0.269. The highest BCUT2D eigenvalue weighted by Gasteiger charge is 2.47. The number of fused-ring (bicyclic) bond motifs is 1. The lowest BCUT2D eigenvalue weighted by atomic mass is 9.93. The Morgan fingerprint density at radius 1 is 1.16 bits per heavy atom. The van der Waals surface area contributed by atoms with Crippen LogP contribution in [-0.2, 0) is 17.8 Å². The lowest BCUT2D eigenvalue weighted by Crippen LogP contribution is -2.44. The number of halogens is 3. The number of ether oxygens (including phenoxy) is 1. The fourth-order valence-corrected chi connectivity index (χ4v) is 4.00. The molecular formula is C23H20ClF2N3O3. The van der Waals surface area contributed by atoms with Crippen molar-refractivity contribution in [2.45, 2.75) is 38.5 Å². The Bertz CT molecular complexity index is 1170. The molecule has 4 rings (SSSR count). The predicted octanol–water partition coefficient (Wildman–Crippen LogP) is 4.93. The molecule has 2 heterocycles. The highest BCUT2D eigenvalue weighted by Crippen LogP contribution is 2.29. The zero-order chi connectivity index (χ0) is 22.9. The van der Waals surface area contributed by atoms with Crippen LogP contribution in [0.2, 0.25) is 5.02 Å². The first-order chi connectivity index (χ1) is 15.3. The first-order valence-corrected chi connectivity index (χ1v) is 10.3. The van der Waals surface area contributed by atoms with E-state index < -0.39 is 18.2 Å². The molecule has 1 saturated heterocycles. The average Bonchev–Trinajstić information content (AvgIpc) is 2.98. The number of imide groups is 1. The maximum Gasteiger partial charge on any atom is 0.387 e. The van der Waals surface area contributed by atoms with E-state index in [4.69, 9.17) is 11.6 Å². The average molecular weight is 460 g/mol. The Kier molecular flexibility index (Phi) is 5.97. The van der Waals surface area contributed by atoms with Gasteiger partial charge in [0.2, 0.25) is 0 Å². The van der Waals surface area contributed by atoms with Gasteiger partial charge in [-0.3, -0.25) is 14.7 Å². The number of hydrogen-bond acceptors (Lipinski definition) is 4. The van der Waals surface area contributed by atoms with Crippen molar-refractivity contribution in [2.24, 2.45) is 0 Å². The van der Waals surface area contributed by atoms with E-state index >= 15 is 0 Å². The molecule has 32 heavy (non-hydrogen) atoms. The van der Waals surface area contributed by atoms with Crippen LogP contribution in [0.15, 0.2) is 54.7 Å². The van der Waals surface area contributed by atoms with Crippen molar-refractivity contribution in [1.29, 1.82) is 0 Å². The molecule has 1 N–H and O–H groups in total. The SMILES string of the molecule is CC1(CCc2ccc(OC(F)F)cc2)NC(=O)N(Cc2ccc(Cl)c3cccnc23)C1=O. The molecular weight excluding hydrogens is 440 g/mol. The molecule has 0 saturated carbocycles. The van der Waals surface area contributed by atoms with Crippen LogP contribution in [0, 0.1) is 0 Å². The third-order valence-corrected chi connectivity index (χ3v) is 5.87. The zero-order valence-electron chi connectivity index (χ0n) is 17.1. The summed E-state index contributed by atoms with van der Waals surface area (Å²) in [6, 6.07) is 12.8. The first-order valence-electron chi connectivity index (χ1n) is 9.97. The molecule has 3 amide bonds. The highest BCUT2D eigenvalue weighted by atomic mass is 35.5. The minimum absolute atomic E-state index is 0.0650. The normalized spacial score (nSPS) is 18.5. The van der Waals surface area contributed by atoms with Gasteiger partial charge in [-0.25, -0.2) is 4.79 Å². The molecule has 0 spiro atoms. The van der Waals surface area contributed by atoms with E-state index in [1.54, 1.807) is 43.5 Å². The second kappa shape index (κ2) is 8.70. The number of aryl methyl sites for hydroxylation is 1. The smallest absolute Gasteiger partial charge is 0.387 e. The lowest BCUT2D eigenvalue weighted by Gasteiger charge is -2.22. The number of urea groups is 1. The van der Waals surface area contributed by atoms with E-state index in [0.29, 0.717) is 28.9 Å². The molecule has 1 fully saturated rings. The topological polar surface area (TPSA) is 71.5 Å². The third-order valence-electron chi connectivity index (χ3n) is 5.54. The van der Waals surface area contributed by atoms with Gasteiger partial charge >= 0.3 is 12.6 Å². The van der Waals surface area contributed by atoms with Gasteiger partial charge in [0.05, 0.1) is 12.1 Å². The largest absolute Gasteiger partial charge is 0.435 e. The second-order valence-electron chi connectivity index (χ2n) is 7.78. The van der Waals surface area contributed by atoms with Gasteiger partial charge in [-0.15, -0.1) is 0 Å². The van der Waals surface area contributed by atoms with Crippen molar-refractivity contribution in [3.8, 4) is 5.75 Å². The standard InChI is InChI=1S/C23H20ClF2N3O3/c1-23(11-10-14-4-7-16(8-5-14)32-21(25)26)20(30)29(22(31)28-23)13-15-6-9-18(24)17-3-2-12-27-19(15)17/h2-9,12,21H,10-11,13H2,1H3,(H,28,31). The Morgan fingerprint density at radius 2 is 1.91 bits per heavy atom. The Morgan fingerprint density at radius 3 is 2.62 bits per heavy atom. The van der Waals surface area contributed by atoms with Crippen LogP contribution in [0.1, 0.15) is 24.5 Å². The number of nitrogens with one attached hydrogen (secondary N) is 1. The van der Waals surface area contributed by atoms with E-state index in [1.807, 2.05) is 6.07 Å². The number of benzene rings is 2. The fourth-order valence-electron chi connectivity index (χ4n) is 3.79. The molecule has 0 radical (unpaired) electrons. The molecule has 0 aliphatic carbocycles. The number of rotatable bonds is 7. The molecule has 1 aliphatic rings. The van der Waals surface area contributed by atoms with E-state index in [1.165, 1.54) is 17.0 Å². The lowest BCUT2D eigenvalue weighted by molar-refractivity contribution is -0.131. The minimum Gasteiger partial charge on any atom is -0.435 e. The number of pyridine rings is 1. The van der Waals surface area contributed by atoms with Gasteiger partial charge in [-0.2, -0.15) is 8.78 Å². The molecule has 1 aromatic heterocycles. The Hall–Kier alpha value is -3.26. The van der Waals surface area contributed by atoms with E-state index in [9.17, 15) is 18.4 Å². The maximum absolute atomic E-state index is 13.1. The molecule has 9 heteroatoms. The van der Waals surface area contributed by atoms with Crippen molar-refractivity contribution in [2.75, 3.05) is 0 Å². The Balaban J connectivity index is 1.47. The van der Waals surface area contributed by atoms with Crippen LogP contribution in [-0.4, -0.2) is 34.0 Å². The van der Waals surface area contributed by atoms with Crippen LogP contribution >= 0.6 is 11.6 Å². The van der Waals surface area contributed by atoms with Crippen LogP contribution in [0.5, 0.6) is 5.75 Å². The number of carbonyl (C=O) groups excluding carboxylic acids is 2. The summed E-state index contributed by atoms with van der Waals surface area (Å²) in [6.07, 6.45) is 2.45. The summed E-state index contributed by atoms with van der Waals surface area (Å²) >= 11 is 6.24. The van der Waals surface area contributed by atoms with Gasteiger partial charge < -0.3 is 10.1 Å². The molecule has 166 valence electrons. The van der Waals surface area contributed by atoms with Crippen LogP contribution in [0.25, 0.3) is 10.9 Å². The summed E-state index contributed by atoms with van der Waals surface area (Å²) < 4.78 is 28.9. The predicted molar refractivity (Wildman–Crippen MR) is 116 cm³/mol. The molecule has 3 aromatic rings. The molecule has 6 nitrogen and oxygen atoms in total. The first kappa shape index (κ1) is 22.0. The van der Waals surface area contributed by atoms with E-state index in [2.05, 4.69) is 15.0 Å². The van der Waals surface area contributed by atoms with Crippen molar-refractivity contribution in [3.05, 3.63) is 70.9 Å². The zero-order valence-corrected chi connectivity index (χ0v) is 17.9. The summed E-state index contributed by atoms with van der Waals surface area (Å²) in [5, 5.41) is 4.08. The summed E-state index contributed by atoms with van der Waals surface area (Å²) in [4.78, 5) is 31.3. The number of carbonyl (C=O) groups is 2. The van der Waals surface area contributed by atoms with Crippen LogP contribution in [0.4, 0.5) is 13.6 Å². The van der Waals surface area contributed by atoms with Crippen molar-refractivity contribution >= 4 is 34.4 Å². The Labute approximate surface area is 188 Å². The monoisotopic (exact) mass is 459 g/mol. The summed E-state index contributed by atoms with van der Waals surface area (Å²) in [5.41, 5.74) is 1.11. The van der Waals surface area contributed by atoms with Gasteiger partial charge in [-0.1, -0.05) is 29.8 Å². The van der Waals surface area contributed by atoms with Crippen LogP contribution in [0.3, 0.4) is 0 Å². The number of nitrogens with zero attached hydrogens (tertiary/aromatic N) is 2. The van der Waals surface area contributed by atoms with Gasteiger partial charge in [0, 0.05) is 16.6 Å². The van der Waals surface area contributed by atoms with Crippen molar-refractivity contribution in [1.82, 2.24) is 15.2 Å². The maximum atomic E-state index is 13.1. The second-order valence-corrected chi connectivity index (χ2v) is 8.19. The number of hydrogen-bond donors (Lipinski definition) is 1. The summed E-state index contributed by atoms with van der Waals surface area (Å²) in [7, 11) is 0. The van der Waals surface area contributed by atoms with Crippen molar-refractivity contribution < 1.29 is 23.1 Å². The number of amides is 3. The molecule has 1 unspecified atom stereocenters. The van der Waals surface area contributed by atoms with E-state index in [-0.39, 0.29) is 18.2 Å². The molecule has 1 aliphatic heterocycles. The molecule has 2 aromatic carbocycles.